The van der Waals surface area contributed by atoms with Crippen molar-refractivity contribution in [1.82, 2.24) is 20.1 Å². The molecule has 6 rings (SSSR count). The number of aryl methyl sites for hydroxylation is 3. The van der Waals surface area contributed by atoms with Crippen LogP contribution in [0, 0.1) is 20.8 Å². The summed E-state index contributed by atoms with van der Waals surface area (Å²) in [5.74, 6) is 0.571. The molecule has 1 aliphatic heterocycles. The second kappa shape index (κ2) is 12.6. The molecule has 238 valence electrons. The van der Waals surface area contributed by atoms with Gasteiger partial charge in [-0.3, -0.25) is 9.69 Å². The van der Waals surface area contributed by atoms with Gasteiger partial charge in [0.05, 0.1) is 17.1 Å². The molecule has 0 bridgehead atoms. The molecular weight excluding hydrogens is 617 g/mol. The molecule has 1 saturated heterocycles. The first-order valence-electron chi connectivity index (χ1n) is 14.7. The molecule has 46 heavy (non-hydrogen) atoms. The summed E-state index contributed by atoms with van der Waals surface area (Å²) in [6.07, 6.45) is -0.769. The minimum absolute atomic E-state index is 0.0368. The number of carbonyl (C=O) groups is 2. The zero-order valence-corrected chi connectivity index (χ0v) is 26.2. The van der Waals surface area contributed by atoms with Crippen LogP contribution < -0.4 is 15.0 Å². The molecule has 3 aromatic carbocycles. The molecule has 2 unspecified atom stereocenters. The predicted molar refractivity (Wildman–Crippen MR) is 170 cm³/mol. The Morgan fingerprint density at radius 2 is 1.72 bits per heavy atom. The first-order chi connectivity index (χ1) is 21.9. The second-order valence-corrected chi connectivity index (χ2v) is 12.4. The first-order valence-corrected chi connectivity index (χ1v) is 15.7. The average molecular weight is 649 g/mol. The molecule has 0 spiro atoms. The average Bonchev–Trinajstić information content (AvgIpc) is 3.74. The fraction of sp³-hybridized carbons (Fsp3) is 0.303. The lowest BCUT2D eigenvalue weighted by Gasteiger charge is -2.21. The van der Waals surface area contributed by atoms with E-state index in [-0.39, 0.29) is 29.4 Å². The van der Waals surface area contributed by atoms with E-state index in [1.165, 1.54) is 47.0 Å². The summed E-state index contributed by atoms with van der Waals surface area (Å²) < 4.78 is 42.7. The van der Waals surface area contributed by atoms with Gasteiger partial charge < -0.3 is 10.1 Å². The molecule has 2 heterocycles. The van der Waals surface area contributed by atoms with Crippen molar-refractivity contribution in [1.29, 1.82) is 0 Å². The summed E-state index contributed by atoms with van der Waals surface area (Å²) in [5.41, 5.74) is 6.29. The third-order valence-corrected chi connectivity index (χ3v) is 8.97. The van der Waals surface area contributed by atoms with Gasteiger partial charge in [-0.15, -0.1) is 18.3 Å². The molecule has 0 radical (unpaired) electrons. The van der Waals surface area contributed by atoms with Crippen LogP contribution in [0.1, 0.15) is 47.4 Å². The molecule has 2 fully saturated rings. The minimum Gasteiger partial charge on any atom is -0.406 e. The number of amidine groups is 1. The maximum Gasteiger partial charge on any atom is 0.573 e. The van der Waals surface area contributed by atoms with Crippen molar-refractivity contribution in [3.8, 4) is 22.8 Å². The number of benzene rings is 3. The number of amides is 3. The number of urea groups is 1. The summed E-state index contributed by atoms with van der Waals surface area (Å²) in [7, 11) is 0. The van der Waals surface area contributed by atoms with E-state index in [1.807, 2.05) is 57.2 Å². The van der Waals surface area contributed by atoms with Crippen molar-refractivity contribution in [3.63, 3.8) is 0 Å². The van der Waals surface area contributed by atoms with E-state index in [0.29, 0.717) is 16.7 Å². The Kier molecular flexibility index (Phi) is 8.60. The van der Waals surface area contributed by atoms with Gasteiger partial charge in [-0.1, -0.05) is 53.7 Å². The molecule has 2 aliphatic rings. The van der Waals surface area contributed by atoms with Gasteiger partial charge in [0.15, 0.2) is 11.0 Å². The van der Waals surface area contributed by atoms with Gasteiger partial charge in [-0.25, -0.2) is 14.5 Å². The minimum atomic E-state index is -4.75. The molecule has 1 saturated carbocycles. The summed E-state index contributed by atoms with van der Waals surface area (Å²) in [6.45, 7) is 5.93. The Bertz CT molecular complexity index is 1780. The Hall–Kier alpha value is -4.65. The van der Waals surface area contributed by atoms with E-state index in [2.05, 4.69) is 25.1 Å². The normalized spacial score (nSPS) is 19.2. The lowest BCUT2D eigenvalue weighted by atomic mass is 9.96. The van der Waals surface area contributed by atoms with E-state index in [4.69, 9.17) is 0 Å². The van der Waals surface area contributed by atoms with E-state index >= 15 is 0 Å². The number of anilines is 1. The maximum atomic E-state index is 13.0. The van der Waals surface area contributed by atoms with Gasteiger partial charge in [0.1, 0.15) is 12.1 Å². The van der Waals surface area contributed by atoms with Gasteiger partial charge in [0, 0.05) is 11.6 Å². The fourth-order valence-corrected chi connectivity index (χ4v) is 6.97. The summed E-state index contributed by atoms with van der Waals surface area (Å²) in [5, 5.41) is 7.90. The zero-order chi connectivity index (χ0) is 32.6. The molecule has 2 atom stereocenters. The van der Waals surface area contributed by atoms with Gasteiger partial charge in [0.25, 0.3) is 0 Å². The van der Waals surface area contributed by atoms with Gasteiger partial charge in [-0.05, 0) is 86.9 Å². The summed E-state index contributed by atoms with van der Waals surface area (Å²) in [6, 6.07) is 16.9. The van der Waals surface area contributed by atoms with Crippen LogP contribution in [0.4, 0.5) is 23.7 Å². The highest BCUT2D eigenvalue weighted by molar-refractivity contribution is 8.15. The van der Waals surface area contributed by atoms with Crippen LogP contribution in [0.5, 0.6) is 5.75 Å². The molecule has 1 aliphatic carbocycles. The highest BCUT2D eigenvalue weighted by Crippen LogP contribution is 2.36. The van der Waals surface area contributed by atoms with Crippen molar-refractivity contribution < 1.29 is 27.5 Å². The van der Waals surface area contributed by atoms with Crippen molar-refractivity contribution >= 4 is 34.6 Å². The number of nitrogens with zero attached hydrogens (tertiary/aromatic N) is 5. The number of nitrogens with one attached hydrogen (secondary N) is 1. The number of hydrogen-bond acceptors (Lipinski definition) is 6. The summed E-state index contributed by atoms with van der Waals surface area (Å²) in [4.78, 5) is 36.0. The topological polar surface area (TPSA) is 102 Å². The monoisotopic (exact) mass is 648 g/mol. The third-order valence-electron chi connectivity index (χ3n) is 8.05. The maximum absolute atomic E-state index is 13.0. The standard InChI is InChI=1S/C33H31F3N6O3S/c1-19-14-20(2)29(21(3)15-19)42-28(43)17-46-32(42)39-31(44)38-25-9-8-24(16-25)22-4-6-23(7-5-22)30-37-18-41(40-30)26-10-12-27(13-11-26)45-33(34,35)36/h4-7,10-15,18,24-25H,8-9,16-17H2,1-3H3,(H,38,44). The Labute approximate surface area is 267 Å². The van der Waals surface area contributed by atoms with Crippen LogP contribution in [-0.4, -0.2) is 50.0 Å². The third kappa shape index (κ3) is 6.94. The van der Waals surface area contributed by atoms with E-state index in [1.54, 1.807) is 4.90 Å². The molecule has 1 aromatic heterocycles. The van der Waals surface area contributed by atoms with Crippen LogP contribution in [0.15, 0.2) is 72.0 Å². The van der Waals surface area contributed by atoms with Gasteiger partial charge in [0.2, 0.25) is 5.91 Å². The first kappa shape index (κ1) is 31.3. The Balaban J connectivity index is 1.07. The fourth-order valence-electron chi connectivity index (χ4n) is 6.12. The molecule has 1 N–H and O–H groups in total. The lowest BCUT2D eigenvalue weighted by Crippen LogP contribution is -2.35. The second-order valence-electron chi connectivity index (χ2n) is 11.5. The molecule has 3 amide bonds. The number of ether oxygens (including phenoxy) is 1. The number of rotatable bonds is 6. The number of alkyl halides is 3. The molecule has 9 nitrogen and oxygen atoms in total. The number of carbonyl (C=O) groups excluding carboxylic acids is 2. The van der Waals surface area contributed by atoms with Crippen LogP contribution >= 0.6 is 11.8 Å². The number of hydrogen-bond donors (Lipinski definition) is 1. The Morgan fingerprint density at radius 3 is 2.39 bits per heavy atom. The van der Waals surface area contributed by atoms with Gasteiger partial charge >= 0.3 is 12.4 Å². The van der Waals surface area contributed by atoms with Gasteiger partial charge in [-0.2, -0.15) is 4.99 Å². The highest BCUT2D eigenvalue weighted by Gasteiger charge is 2.34. The largest absolute Gasteiger partial charge is 0.573 e. The van der Waals surface area contributed by atoms with E-state index < -0.39 is 12.4 Å². The van der Waals surface area contributed by atoms with Crippen molar-refractivity contribution in [2.24, 2.45) is 4.99 Å². The Morgan fingerprint density at radius 1 is 1.02 bits per heavy atom. The number of halogens is 3. The van der Waals surface area contributed by atoms with Crippen LogP contribution in [0.25, 0.3) is 17.1 Å². The zero-order valence-electron chi connectivity index (χ0n) is 25.3. The van der Waals surface area contributed by atoms with E-state index in [9.17, 15) is 22.8 Å². The highest BCUT2D eigenvalue weighted by atomic mass is 32.2. The number of thioether (sulfide) groups is 1. The lowest BCUT2D eigenvalue weighted by molar-refractivity contribution is -0.274. The SMILES string of the molecule is Cc1cc(C)c(N2C(=O)CSC2=NC(=O)NC2CCC(c3ccc(-c4ncn(-c5ccc(OC(F)(F)F)cc5)n4)cc3)C2)c(C)c1. The smallest absolute Gasteiger partial charge is 0.406 e. The quantitative estimate of drug-likeness (QED) is 0.237. The summed E-state index contributed by atoms with van der Waals surface area (Å²) >= 11 is 1.27. The molecule has 13 heteroatoms. The van der Waals surface area contributed by atoms with E-state index in [0.717, 1.165) is 52.8 Å². The van der Waals surface area contributed by atoms with Crippen molar-refractivity contribution in [3.05, 3.63) is 89.2 Å². The van der Waals surface area contributed by atoms with Crippen molar-refractivity contribution in [2.75, 3.05) is 10.7 Å². The molecular formula is C33H31F3N6O3S. The van der Waals surface area contributed by atoms with Crippen LogP contribution in [0.3, 0.4) is 0 Å². The van der Waals surface area contributed by atoms with Crippen molar-refractivity contribution in [2.45, 2.75) is 58.4 Å². The number of aromatic nitrogens is 3. The molecule has 4 aromatic rings. The van der Waals surface area contributed by atoms with Crippen LogP contribution in [-0.2, 0) is 4.79 Å². The predicted octanol–water partition coefficient (Wildman–Crippen LogP) is 7.24. The number of aliphatic imine (C=N–C) groups is 1. The van der Waals surface area contributed by atoms with Crippen LogP contribution in [0.2, 0.25) is 0 Å².